The first-order chi connectivity index (χ1) is 16.4. The maximum atomic E-state index is 13.7. The Hall–Kier alpha value is -3.66. The average molecular weight is 500 g/mol. The quantitative estimate of drug-likeness (QED) is 0.341. The molecule has 0 unspecified atom stereocenters. The molecule has 3 heterocycles. The van der Waals surface area contributed by atoms with Crippen LogP contribution >= 0.6 is 11.3 Å². The SMILES string of the molecule is C=C/C(OC)=C(\C=C(C)C)CCn1c(=O)n(C(C)(C)C(=O)O)c(=O)c2c(C)c(-c3ncco3)sc21. The van der Waals surface area contributed by atoms with Crippen LogP contribution in [0.1, 0.15) is 39.7 Å². The van der Waals surface area contributed by atoms with E-state index in [0.717, 1.165) is 15.7 Å². The van der Waals surface area contributed by atoms with E-state index in [-0.39, 0.29) is 11.9 Å². The van der Waals surface area contributed by atoms with E-state index in [0.29, 0.717) is 33.3 Å². The van der Waals surface area contributed by atoms with Crippen molar-refractivity contribution in [3.8, 4) is 10.8 Å². The molecule has 0 aliphatic carbocycles. The van der Waals surface area contributed by atoms with Gasteiger partial charge in [0, 0.05) is 6.54 Å². The Morgan fingerprint density at radius 1 is 1.34 bits per heavy atom. The van der Waals surface area contributed by atoms with Crippen molar-refractivity contribution in [2.24, 2.45) is 0 Å². The van der Waals surface area contributed by atoms with Gasteiger partial charge in [0.15, 0.2) is 0 Å². The van der Waals surface area contributed by atoms with Crippen molar-refractivity contribution in [2.75, 3.05) is 7.11 Å². The molecule has 0 aromatic carbocycles. The molecule has 0 spiro atoms. The number of carboxylic acids is 1. The Balaban J connectivity index is 2.36. The number of carbonyl (C=O) groups is 1. The molecule has 3 aromatic heterocycles. The molecule has 3 rings (SSSR count). The molecule has 0 radical (unpaired) electrons. The lowest BCUT2D eigenvalue weighted by Crippen LogP contribution is -2.52. The molecule has 0 aliphatic rings. The summed E-state index contributed by atoms with van der Waals surface area (Å²) in [5.74, 6) is -0.399. The van der Waals surface area contributed by atoms with Crippen molar-refractivity contribution >= 4 is 27.5 Å². The third kappa shape index (κ3) is 4.66. The minimum absolute atomic E-state index is 0.177. The van der Waals surface area contributed by atoms with Crippen LogP contribution in [0.2, 0.25) is 0 Å². The molecule has 10 heteroatoms. The minimum atomic E-state index is -1.76. The number of ether oxygens (including phenoxy) is 1. The summed E-state index contributed by atoms with van der Waals surface area (Å²) in [5, 5.41) is 10.1. The molecule has 3 aromatic rings. The maximum absolute atomic E-state index is 13.7. The number of carboxylic acid groups (broad SMARTS) is 1. The van der Waals surface area contributed by atoms with Crippen molar-refractivity contribution in [3.63, 3.8) is 0 Å². The second-order valence-corrected chi connectivity index (χ2v) is 9.78. The number of oxazole rings is 1. The summed E-state index contributed by atoms with van der Waals surface area (Å²) in [4.78, 5) is 44.4. The molecule has 0 bridgehead atoms. The molecule has 0 saturated heterocycles. The third-order valence-corrected chi connectivity index (χ3v) is 7.01. The van der Waals surface area contributed by atoms with E-state index in [9.17, 15) is 19.5 Å². The van der Waals surface area contributed by atoms with Crippen LogP contribution in [0.5, 0.6) is 0 Å². The fourth-order valence-electron chi connectivity index (χ4n) is 3.86. The summed E-state index contributed by atoms with van der Waals surface area (Å²) < 4.78 is 13.1. The Morgan fingerprint density at radius 3 is 2.54 bits per heavy atom. The van der Waals surface area contributed by atoms with Gasteiger partial charge in [-0.15, -0.1) is 11.3 Å². The van der Waals surface area contributed by atoms with Crippen LogP contribution in [-0.4, -0.2) is 32.3 Å². The zero-order valence-electron chi connectivity index (χ0n) is 20.7. The number of hydrogen-bond donors (Lipinski definition) is 1. The van der Waals surface area contributed by atoms with Gasteiger partial charge in [-0.2, -0.15) is 0 Å². The van der Waals surface area contributed by atoms with Crippen LogP contribution in [0.15, 0.2) is 62.1 Å². The second kappa shape index (κ2) is 9.91. The highest BCUT2D eigenvalue weighted by molar-refractivity contribution is 7.22. The fourth-order valence-corrected chi connectivity index (χ4v) is 5.12. The third-order valence-electron chi connectivity index (χ3n) is 5.71. The van der Waals surface area contributed by atoms with Gasteiger partial charge in [-0.3, -0.25) is 9.36 Å². The first-order valence-electron chi connectivity index (χ1n) is 10.9. The van der Waals surface area contributed by atoms with E-state index in [1.54, 1.807) is 20.1 Å². The lowest BCUT2D eigenvalue weighted by molar-refractivity contribution is -0.146. The van der Waals surface area contributed by atoms with Crippen molar-refractivity contribution in [2.45, 2.75) is 53.1 Å². The molecule has 0 atom stereocenters. The van der Waals surface area contributed by atoms with E-state index in [2.05, 4.69) is 11.6 Å². The molecule has 0 fully saturated rings. The Morgan fingerprint density at radius 2 is 2.03 bits per heavy atom. The number of aliphatic carboxylic acids is 1. The van der Waals surface area contributed by atoms with Gasteiger partial charge in [-0.1, -0.05) is 18.2 Å². The number of fused-ring (bicyclic) bond motifs is 1. The number of rotatable bonds is 9. The molecule has 9 nitrogen and oxygen atoms in total. The van der Waals surface area contributed by atoms with Crippen LogP contribution in [0.25, 0.3) is 21.0 Å². The lowest BCUT2D eigenvalue weighted by Gasteiger charge is -2.23. The molecular weight excluding hydrogens is 470 g/mol. The van der Waals surface area contributed by atoms with Crippen LogP contribution in [0.4, 0.5) is 0 Å². The first kappa shape index (κ1) is 26.0. The average Bonchev–Trinajstić information content (AvgIpc) is 3.41. The number of methoxy groups -OCH3 is 1. The maximum Gasteiger partial charge on any atom is 0.333 e. The Kier molecular flexibility index (Phi) is 7.35. The number of allylic oxidation sites excluding steroid dienone is 4. The molecular formula is C25H29N3O6S. The first-order valence-corrected chi connectivity index (χ1v) is 11.7. The van der Waals surface area contributed by atoms with E-state index < -0.39 is 22.8 Å². The summed E-state index contributed by atoms with van der Waals surface area (Å²) in [6.45, 7) is 12.3. The minimum Gasteiger partial charge on any atom is -0.496 e. The predicted molar refractivity (Wildman–Crippen MR) is 136 cm³/mol. The molecule has 186 valence electrons. The fraction of sp³-hybridized carbons (Fsp3) is 0.360. The van der Waals surface area contributed by atoms with E-state index in [1.807, 2.05) is 19.9 Å². The van der Waals surface area contributed by atoms with Gasteiger partial charge < -0.3 is 14.3 Å². The second-order valence-electron chi connectivity index (χ2n) is 8.78. The summed E-state index contributed by atoms with van der Waals surface area (Å²) in [5.41, 5.74) is -0.708. The zero-order valence-corrected chi connectivity index (χ0v) is 21.5. The zero-order chi connectivity index (χ0) is 26.1. The van der Waals surface area contributed by atoms with Crippen LogP contribution in [-0.2, 0) is 21.6 Å². The van der Waals surface area contributed by atoms with Gasteiger partial charge in [-0.25, -0.2) is 19.1 Å². The van der Waals surface area contributed by atoms with Crippen molar-refractivity contribution in [1.82, 2.24) is 14.1 Å². The van der Waals surface area contributed by atoms with Gasteiger partial charge >= 0.3 is 11.7 Å². The smallest absolute Gasteiger partial charge is 0.333 e. The van der Waals surface area contributed by atoms with Gasteiger partial charge in [0.05, 0.1) is 23.6 Å². The van der Waals surface area contributed by atoms with Gasteiger partial charge in [0.25, 0.3) is 5.56 Å². The topological polar surface area (TPSA) is 117 Å². The number of thiophene rings is 1. The monoisotopic (exact) mass is 499 g/mol. The normalized spacial score (nSPS) is 12.4. The van der Waals surface area contributed by atoms with Crippen molar-refractivity contribution < 1.29 is 19.1 Å². The van der Waals surface area contributed by atoms with E-state index >= 15 is 0 Å². The number of aryl methyl sites for hydroxylation is 2. The number of hydrogen-bond acceptors (Lipinski definition) is 7. The molecule has 0 amide bonds. The number of nitrogens with zero attached hydrogens (tertiary/aromatic N) is 3. The lowest BCUT2D eigenvalue weighted by atomic mass is 10.1. The summed E-state index contributed by atoms with van der Waals surface area (Å²) in [6, 6.07) is 0. The van der Waals surface area contributed by atoms with Gasteiger partial charge in [0.1, 0.15) is 22.4 Å². The highest BCUT2D eigenvalue weighted by Gasteiger charge is 2.35. The summed E-state index contributed by atoms with van der Waals surface area (Å²) in [6.07, 6.45) is 6.84. The predicted octanol–water partition coefficient (Wildman–Crippen LogP) is 4.45. The molecule has 0 aliphatic heterocycles. The number of aromatic nitrogens is 3. The van der Waals surface area contributed by atoms with Crippen molar-refractivity contribution in [1.29, 1.82) is 0 Å². The van der Waals surface area contributed by atoms with E-state index in [1.165, 1.54) is 42.2 Å². The van der Waals surface area contributed by atoms with E-state index in [4.69, 9.17) is 9.15 Å². The molecule has 0 saturated carbocycles. The van der Waals surface area contributed by atoms with Crippen LogP contribution < -0.4 is 11.2 Å². The molecule has 1 N–H and O–H groups in total. The Bertz CT molecular complexity index is 1460. The summed E-state index contributed by atoms with van der Waals surface area (Å²) >= 11 is 1.21. The molecule has 35 heavy (non-hydrogen) atoms. The summed E-state index contributed by atoms with van der Waals surface area (Å²) in [7, 11) is 1.54. The van der Waals surface area contributed by atoms with Crippen molar-refractivity contribution in [3.05, 3.63) is 74.5 Å². The largest absolute Gasteiger partial charge is 0.496 e. The standard InChI is InChI=1S/C25H29N3O6S/c1-8-17(33-7)16(13-14(2)3)9-11-27-22-18(15(4)19(35-22)20-26-10-12-34-20)21(29)28(24(27)32)25(5,6)23(30)31/h8,10,12-13H,1,9,11H2,2-7H3,(H,30,31)/b17-16+. The highest BCUT2D eigenvalue weighted by atomic mass is 32.1. The van der Waals surface area contributed by atoms with Gasteiger partial charge in [0.2, 0.25) is 5.89 Å². The van der Waals surface area contributed by atoms with Crippen LogP contribution in [0.3, 0.4) is 0 Å². The van der Waals surface area contributed by atoms with Gasteiger partial charge in [-0.05, 0) is 58.3 Å². The Labute approximate surface area is 206 Å². The highest BCUT2D eigenvalue weighted by Crippen LogP contribution is 2.36. The van der Waals surface area contributed by atoms with Crippen LogP contribution in [0, 0.1) is 6.92 Å².